The maximum Gasteiger partial charge on any atom is 0.254 e. The lowest BCUT2D eigenvalue weighted by Gasteiger charge is -2.25. The smallest absolute Gasteiger partial charge is 0.254 e. The minimum Gasteiger partial charge on any atom is -0.497 e. The van der Waals surface area contributed by atoms with Gasteiger partial charge in [-0.25, -0.2) is 0 Å². The summed E-state index contributed by atoms with van der Waals surface area (Å²) in [5, 5.41) is 0. The fourth-order valence-corrected chi connectivity index (χ4v) is 7.97. The molecule has 4 aromatic rings. The zero-order valence-electron chi connectivity index (χ0n) is 28.1. The normalized spacial score (nSPS) is 10.8. The fourth-order valence-electron chi connectivity index (χ4n) is 4.78. The molecule has 0 aliphatic heterocycles. The minimum atomic E-state index is -0.154. The molecule has 0 N–H and O–H groups in total. The van der Waals surface area contributed by atoms with Crippen molar-refractivity contribution in [2.75, 3.05) is 51.3 Å². The number of amides is 2. The van der Waals surface area contributed by atoms with Crippen LogP contribution in [0.2, 0.25) is 0 Å². The Labute approximate surface area is 310 Å². The molecule has 0 aliphatic carbocycles. The van der Waals surface area contributed by atoms with Crippen LogP contribution < -0.4 is 14.4 Å². The van der Waals surface area contributed by atoms with E-state index in [1.807, 2.05) is 72.8 Å². The van der Waals surface area contributed by atoms with Crippen LogP contribution >= 0.6 is 51.2 Å². The number of Topliss-reactive ketones (excluding diaryl/α,β-unsaturated/α-hetero) is 1. The summed E-state index contributed by atoms with van der Waals surface area (Å²) in [6, 6.07) is 28.9. The van der Waals surface area contributed by atoms with Crippen molar-refractivity contribution in [2.45, 2.75) is 34.1 Å². The topological polar surface area (TPSA) is 76.1 Å². The first-order valence-corrected chi connectivity index (χ1v) is 19.6. The van der Waals surface area contributed by atoms with Crippen LogP contribution in [0, 0.1) is 0 Å². The van der Waals surface area contributed by atoms with E-state index in [2.05, 4.69) is 28.1 Å². The van der Waals surface area contributed by atoms with Crippen LogP contribution in [0.1, 0.15) is 34.3 Å². The number of halogens is 1. The summed E-state index contributed by atoms with van der Waals surface area (Å²) in [5.41, 5.74) is 3.48. The predicted octanol–water partition coefficient (Wildman–Crippen LogP) is 8.87. The number of rotatable bonds is 18. The van der Waals surface area contributed by atoms with E-state index in [0.717, 1.165) is 42.8 Å². The Kier molecular flexibility index (Phi) is 15.5. The number of hydrogen-bond acceptors (Lipinski definition) is 8. The maximum absolute atomic E-state index is 14.0. The molecule has 0 unspecified atom stereocenters. The highest BCUT2D eigenvalue weighted by Crippen LogP contribution is 2.39. The molecule has 258 valence electrons. The first kappa shape index (κ1) is 38.4. The summed E-state index contributed by atoms with van der Waals surface area (Å²) in [5.74, 6) is 3.87. The van der Waals surface area contributed by atoms with Gasteiger partial charge in [-0.15, -0.1) is 11.8 Å². The Bertz CT molecular complexity index is 1700. The molecule has 0 radical (unpaired) electrons. The minimum absolute atomic E-state index is 0.00216. The van der Waals surface area contributed by atoms with Crippen molar-refractivity contribution >= 4 is 74.5 Å². The third-order valence-corrected chi connectivity index (χ3v) is 11.2. The van der Waals surface area contributed by atoms with Gasteiger partial charge in [0.1, 0.15) is 11.5 Å². The zero-order valence-corrected chi connectivity index (χ0v) is 32.2. The Morgan fingerprint density at radius 2 is 1.37 bits per heavy atom. The maximum atomic E-state index is 14.0. The zero-order chi connectivity index (χ0) is 35.2. The third kappa shape index (κ3) is 11.9. The highest BCUT2D eigenvalue weighted by molar-refractivity contribution is 9.10. The van der Waals surface area contributed by atoms with Crippen molar-refractivity contribution in [2.24, 2.45) is 0 Å². The van der Waals surface area contributed by atoms with Gasteiger partial charge in [0.15, 0.2) is 5.78 Å². The van der Waals surface area contributed by atoms with E-state index in [4.69, 9.17) is 9.47 Å². The van der Waals surface area contributed by atoms with Gasteiger partial charge in [-0.1, -0.05) is 64.1 Å². The monoisotopic (exact) mass is 780 g/mol. The molecule has 0 spiro atoms. The van der Waals surface area contributed by atoms with Crippen LogP contribution in [0.3, 0.4) is 0 Å². The van der Waals surface area contributed by atoms with Gasteiger partial charge >= 0.3 is 0 Å². The van der Waals surface area contributed by atoms with Crippen LogP contribution in [-0.4, -0.2) is 68.9 Å². The molecule has 11 heteroatoms. The summed E-state index contributed by atoms with van der Waals surface area (Å²) in [6.07, 6.45) is 1.09. The molecular weight excluding hydrogens is 741 g/mol. The van der Waals surface area contributed by atoms with Crippen molar-refractivity contribution in [3.8, 4) is 11.5 Å². The summed E-state index contributed by atoms with van der Waals surface area (Å²) in [4.78, 5) is 45.1. The number of carbonyl (C=O) groups is 3. The molecular formula is C38H41BrN2O5S3. The summed E-state index contributed by atoms with van der Waals surface area (Å²) in [6.45, 7) is -0.0344. The fraction of sp³-hybridized carbons (Fsp3) is 0.289. The van der Waals surface area contributed by atoms with Gasteiger partial charge in [0.25, 0.3) is 5.91 Å². The molecule has 0 saturated carbocycles. The second-order valence-corrected chi connectivity index (χ2v) is 15.4. The van der Waals surface area contributed by atoms with Crippen LogP contribution in [-0.2, 0) is 21.1 Å². The van der Waals surface area contributed by atoms with Crippen molar-refractivity contribution in [3.05, 3.63) is 112 Å². The number of thioether (sulfide) groups is 2. The summed E-state index contributed by atoms with van der Waals surface area (Å²) < 4.78 is 11.3. The number of ether oxygens (including phenoxy) is 2. The Hall–Kier alpha value is -3.38. The number of benzene rings is 4. The van der Waals surface area contributed by atoms with Gasteiger partial charge < -0.3 is 19.3 Å². The van der Waals surface area contributed by atoms with E-state index in [1.165, 1.54) is 29.1 Å². The SMILES string of the molecule is COc1ccc(CSCCCC(=O)CN(C(=O)CSCc2ccc(OC)cc2)c2cc(Br)ccc2Sc2ccccc2C(=O)N(C)C)cc1. The number of methoxy groups -OCH3 is 2. The van der Waals surface area contributed by atoms with Crippen LogP contribution in [0.5, 0.6) is 11.5 Å². The van der Waals surface area contributed by atoms with Gasteiger partial charge in [-0.2, -0.15) is 11.8 Å². The molecule has 0 bridgehead atoms. The highest BCUT2D eigenvalue weighted by Gasteiger charge is 2.24. The standard InChI is InChI=1S/C38H41BrN2O5S3/c1-40(2)38(44)33-9-5-6-10-35(33)49-36-20-15-29(39)22-34(36)41(37(43)26-48-25-28-13-18-32(46-4)19-14-28)23-30(42)8-7-21-47-24-27-11-16-31(45-3)17-12-27/h5-6,9-20,22H,7-8,21,23-26H2,1-4H3. The number of ketones is 1. The lowest BCUT2D eigenvalue weighted by Crippen LogP contribution is -2.37. The molecule has 4 rings (SSSR count). The predicted molar refractivity (Wildman–Crippen MR) is 208 cm³/mol. The first-order valence-electron chi connectivity index (χ1n) is 15.7. The molecule has 0 heterocycles. The summed E-state index contributed by atoms with van der Waals surface area (Å²) in [7, 11) is 6.73. The van der Waals surface area contributed by atoms with Gasteiger partial charge in [0.05, 0.1) is 37.8 Å². The largest absolute Gasteiger partial charge is 0.497 e. The molecule has 4 aromatic carbocycles. The lowest BCUT2D eigenvalue weighted by molar-refractivity contribution is -0.121. The quantitative estimate of drug-likeness (QED) is 0.0928. The van der Waals surface area contributed by atoms with Crippen molar-refractivity contribution < 1.29 is 23.9 Å². The number of hydrogen-bond donors (Lipinski definition) is 0. The van der Waals surface area contributed by atoms with E-state index < -0.39 is 0 Å². The lowest BCUT2D eigenvalue weighted by atomic mass is 10.2. The molecule has 2 amide bonds. The van der Waals surface area contributed by atoms with Crippen molar-refractivity contribution in [1.82, 2.24) is 4.90 Å². The van der Waals surface area contributed by atoms with Crippen LogP contribution in [0.15, 0.2) is 105 Å². The molecule has 0 atom stereocenters. The van der Waals surface area contributed by atoms with Gasteiger partial charge in [0.2, 0.25) is 5.91 Å². The van der Waals surface area contributed by atoms with E-state index in [0.29, 0.717) is 29.8 Å². The van der Waals surface area contributed by atoms with Gasteiger partial charge in [0, 0.05) is 46.3 Å². The molecule has 49 heavy (non-hydrogen) atoms. The van der Waals surface area contributed by atoms with Crippen molar-refractivity contribution in [3.63, 3.8) is 0 Å². The average molecular weight is 782 g/mol. The van der Waals surface area contributed by atoms with E-state index in [-0.39, 0.29) is 29.9 Å². The van der Waals surface area contributed by atoms with Gasteiger partial charge in [-0.05, 0) is 77.9 Å². The van der Waals surface area contributed by atoms with Gasteiger partial charge in [-0.3, -0.25) is 14.4 Å². The van der Waals surface area contributed by atoms with Crippen LogP contribution in [0.25, 0.3) is 0 Å². The second-order valence-electron chi connectivity index (χ2n) is 11.3. The molecule has 0 aliphatic rings. The average Bonchev–Trinajstić information content (AvgIpc) is 3.11. The molecule has 0 aromatic heterocycles. The second kappa shape index (κ2) is 19.7. The molecule has 7 nitrogen and oxygen atoms in total. The molecule has 0 saturated heterocycles. The third-order valence-electron chi connectivity index (χ3n) is 7.42. The highest BCUT2D eigenvalue weighted by atomic mass is 79.9. The van der Waals surface area contributed by atoms with E-state index >= 15 is 0 Å². The number of carbonyl (C=O) groups excluding carboxylic acids is 3. The number of anilines is 1. The Morgan fingerprint density at radius 3 is 1.98 bits per heavy atom. The number of nitrogens with zero attached hydrogens (tertiary/aromatic N) is 2. The van der Waals surface area contributed by atoms with E-state index in [9.17, 15) is 14.4 Å². The molecule has 0 fully saturated rings. The Balaban J connectivity index is 1.49. The van der Waals surface area contributed by atoms with Crippen LogP contribution in [0.4, 0.5) is 5.69 Å². The Morgan fingerprint density at radius 1 is 0.755 bits per heavy atom. The summed E-state index contributed by atoms with van der Waals surface area (Å²) >= 11 is 8.28. The first-order chi connectivity index (χ1) is 23.7. The van der Waals surface area contributed by atoms with E-state index in [1.54, 1.807) is 55.9 Å². The van der Waals surface area contributed by atoms with Crippen molar-refractivity contribution in [1.29, 1.82) is 0 Å².